The van der Waals surface area contributed by atoms with Gasteiger partial charge in [0.15, 0.2) is 6.29 Å². The van der Waals surface area contributed by atoms with E-state index in [1.54, 1.807) is 0 Å². The summed E-state index contributed by atoms with van der Waals surface area (Å²) in [6.07, 6.45) is 6.47. The van der Waals surface area contributed by atoms with E-state index >= 15 is 0 Å². The molecule has 7 nitrogen and oxygen atoms in total. The number of fused-ring (bicyclic) bond motifs is 5. The number of aliphatic hydroxyl groups excluding tert-OH is 5. The first-order valence-electron chi connectivity index (χ1n) is 16.3. The molecular formula is C33H56O7. The summed E-state index contributed by atoms with van der Waals surface area (Å²) in [6.45, 7) is 11.6. The Morgan fingerprint density at radius 2 is 1.68 bits per heavy atom. The monoisotopic (exact) mass is 564 g/mol. The summed E-state index contributed by atoms with van der Waals surface area (Å²) in [4.78, 5) is 0. The molecule has 230 valence electrons. The first-order chi connectivity index (χ1) is 18.9. The molecule has 4 fully saturated rings. The first kappa shape index (κ1) is 30.9. The molecule has 4 aliphatic carbocycles. The molecule has 14 atom stereocenters. The van der Waals surface area contributed by atoms with Crippen LogP contribution in [0.3, 0.4) is 0 Å². The van der Waals surface area contributed by atoms with Gasteiger partial charge < -0.3 is 35.0 Å². The molecule has 0 bridgehead atoms. The van der Waals surface area contributed by atoms with Gasteiger partial charge in [-0.2, -0.15) is 0 Å². The number of hydrogen-bond donors (Lipinski definition) is 5. The largest absolute Gasteiger partial charge is 0.394 e. The predicted octanol–water partition coefficient (Wildman–Crippen LogP) is 4.18. The molecule has 1 aliphatic heterocycles. The van der Waals surface area contributed by atoms with Crippen molar-refractivity contribution in [1.29, 1.82) is 0 Å². The van der Waals surface area contributed by atoms with E-state index in [9.17, 15) is 25.5 Å². The van der Waals surface area contributed by atoms with Crippen LogP contribution in [0.1, 0.15) is 98.8 Å². The Morgan fingerprint density at radius 3 is 2.38 bits per heavy atom. The van der Waals surface area contributed by atoms with Gasteiger partial charge in [-0.25, -0.2) is 0 Å². The summed E-state index contributed by atoms with van der Waals surface area (Å²) in [5, 5.41) is 52.0. The maximum atomic E-state index is 11.7. The van der Waals surface area contributed by atoms with Gasteiger partial charge in [-0.15, -0.1) is 0 Å². The minimum Gasteiger partial charge on any atom is -0.394 e. The average molecular weight is 565 g/mol. The van der Waals surface area contributed by atoms with Crippen LogP contribution in [0.2, 0.25) is 0 Å². The molecule has 40 heavy (non-hydrogen) atoms. The normalized spacial score (nSPS) is 49.7. The average Bonchev–Trinajstić information content (AvgIpc) is 3.26. The van der Waals surface area contributed by atoms with Crippen molar-refractivity contribution in [3.63, 3.8) is 0 Å². The molecule has 3 saturated carbocycles. The van der Waals surface area contributed by atoms with E-state index in [0.29, 0.717) is 29.6 Å². The van der Waals surface area contributed by atoms with E-state index in [0.717, 1.165) is 37.0 Å². The Hall–Kier alpha value is -0.540. The molecule has 0 unspecified atom stereocenters. The molecule has 0 radical (unpaired) electrons. The molecule has 0 aromatic rings. The molecule has 0 amide bonds. The fourth-order valence-electron chi connectivity index (χ4n) is 10.1. The first-order valence-corrected chi connectivity index (χ1v) is 16.3. The molecule has 1 heterocycles. The highest BCUT2D eigenvalue weighted by molar-refractivity contribution is 5.28. The number of hydrogen-bond acceptors (Lipinski definition) is 7. The van der Waals surface area contributed by atoms with Crippen molar-refractivity contribution in [1.82, 2.24) is 0 Å². The lowest BCUT2D eigenvalue weighted by atomic mass is 9.46. The molecule has 5 aliphatic rings. The van der Waals surface area contributed by atoms with Crippen LogP contribution in [-0.4, -0.2) is 75.1 Å². The fourth-order valence-corrected chi connectivity index (χ4v) is 10.1. The van der Waals surface area contributed by atoms with Crippen molar-refractivity contribution in [2.75, 3.05) is 6.61 Å². The van der Waals surface area contributed by atoms with E-state index in [2.05, 4.69) is 40.7 Å². The molecule has 0 spiro atoms. The Morgan fingerprint density at radius 1 is 0.925 bits per heavy atom. The van der Waals surface area contributed by atoms with Gasteiger partial charge in [0.2, 0.25) is 0 Å². The number of rotatable bonds is 8. The van der Waals surface area contributed by atoms with Gasteiger partial charge in [-0.3, -0.25) is 0 Å². The highest BCUT2D eigenvalue weighted by atomic mass is 16.7. The van der Waals surface area contributed by atoms with Crippen molar-refractivity contribution in [2.24, 2.45) is 46.3 Å². The van der Waals surface area contributed by atoms with Crippen molar-refractivity contribution in [3.05, 3.63) is 11.6 Å². The second kappa shape index (κ2) is 11.9. The standard InChI is InChI=1S/C33H56O7/c1-18(2)7-6-8-19(3)22-9-10-23-27-24(12-14-33(22,23)5)32(4)13-11-21(15-20(32)16-25(27)35)39-31-30(38)29(37)28(36)26(17-34)40-31/h16,18-19,21-31,34-38H,6-15,17H2,1-5H3/t19-,21+,22-,23+,24+,25+,26-,27+,28-,29-,30-,31+,32+,33-/m1/s1. The molecule has 0 aromatic carbocycles. The van der Waals surface area contributed by atoms with Crippen LogP contribution < -0.4 is 0 Å². The fraction of sp³-hybridized carbons (Fsp3) is 0.939. The molecule has 5 N–H and O–H groups in total. The lowest BCUT2D eigenvalue weighted by Crippen LogP contribution is -2.60. The summed E-state index contributed by atoms with van der Waals surface area (Å²) < 4.78 is 11.8. The second-order valence-corrected chi connectivity index (χ2v) is 15.1. The van der Waals surface area contributed by atoms with Gasteiger partial charge in [0.25, 0.3) is 0 Å². The van der Waals surface area contributed by atoms with E-state index in [-0.39, 0.29) is 11.5 Å². The molecular weight excluding hydrogens is 508 g/mol. The van der Waals surface area contributed by atoms with Gasteiger partial charge in [-0.1, -0.05) is 65.5 Å². The molecule has 7 heteroatoms. The lowest BCUT2D eigenvalue weighted by Gasteiger charge is -2.59. The molecule has 5 rings (SSSR count). The molecule has 1 saturated heterocycles. The molecule has 0 aromatic heterocycles. The van der Waals surface area contributed by atoms with Crippen LogP contribution in [-0.2, 0) is 9.47 Å². The van der Waals surface area contributed by atoms with Crippen LogP contribution in [0.5, 0.6) is 0 Å². The zero-order chi connectivity index (χ0) is 29.0. The third-order valence-corrected chi connectivity index (χ3v) is 12.5. The predicted molar refractivity (Wildman–Crippen MR) is 153 cm³/mol. The smallest absolute Gasteiger partial charge is 0.186 e. The van der Waals surface area contributed by atoms with E-state index in [1.807, 2.05) is 0 Å². The number of aliphatic hydroxyl groups is 5. The van der Waals surface area contributed by atoms with Crippen LogP contribution in [0.4, 0.5) is 0 Å². The Kier molecular flexibility index (Phi) is 9.16. The minimum atomic E-state index is -1.44. The summed E-state index contributed by atoms with van der Waals surface area (Å²) in [5.41, 5.74) is 1.59. The maximum Gasteiger partial charge on any atom is 0.186 e. The summed E-state index contributed by atoms with van der Waals surface area (Å²) in [5.74, 6) is 3.59. The van der Waals surface area contributed by atoms with Crippen molar-refractivity contribution >= 4 is 0 Å². The van der Waals surface area contributed by atoms with Crippen LogP contribution in [0.15, 0.2) is 11.6 Å². The van der Waals surface area contributed by atoms with Gasteiger partial charge >= 0.3 is 0 Å². The highest BCUT2D eigenvalue weighted by Crippen LogP contribution is 2.67. The van der Waals surface area contributed by atoms with Crippen molar-refractivity contribution in [2.45, 2.75) is 142 Å². The lowest BCUT2D eigenvalue weighted by molar-refractivity contribution is -0.313. The Labute approximate surface area is 241 Å². The zero-order valence-corrected chi connectivity index (χ0v) is 25.4. The third kappa shape index (κ3) is 5.35. The van der Waals surface area contributed by atoms with Crippen molar-refractivity contribution < 1.29 is 35.0 Å². The zero-order valence-electron chi connectivity index (χ0n) is 25.4. The van der Waals surface area contributed by atoms with E-state index in [4.69, 9.17) is 9.47 Å². The van der Waals surface area contributed by atoms with Crippen molar-refractivity contribution in [3.8, 4) is 0 Å². The van der Waals surface area contributed by atoms with Crippen LogP contribution in [0, 0.1) is 46.3 Å². The Bertz CT molecular complexity index is 905. The van der Waals surface area contributed by atoms with Gasteiger partial charge in [0, 0.05) is 0 Å². The van der Waals surface area contributed by atoms with E-state index < -0.39 is 43.4 Å². The highest BCUT2D eigenvalue weighted by Gasteiger charge is 2.61. The SMILES string of the molecule is CC(C)CCC[C@@H](C)[C@H]1CC[C@H]2[C@@H]3[C@@H](O)C=C4C[C@@H](O[C@H]5O[C@H](CO)[C@@H](O)[C@@H](O)[C@H]5O)CC[C@]4(C)[C@H]3CC[C@]12C. The quantitative estimate of drug-likeness (QED) is 0.281. The maximum absolute atomic E-state index is 11.7. The van der Waals surface area contributed by atoms with Crippen LogP contribution in [0.25, 0.3) is 0 Å². The number of ether oxygens (including phenoxy) is 2. The Balaban J connectivity index is 1.28. The second-order valence-electron chi connectivity index (χ2n) is 15.1. The summed E-state index contributed by atoms with van der Waals surface area (Å²) >= 11 is 0. The van der Waals surface area contributed by atoms with Gasteiger partial charge in [-0.05, 0) is 91.3 Å². The summed E-state index contributed by atoms with van der Waals surface area (Å²) in [6, 6.07) is 0. The third-order valence-electron chi connectivity index (χ3n) is 12.5. The summed E-state index contributed by atoms with van der Waals surface area (Å²) in [7, 11) is 0. The van der Waals surface area contributed by atoms with Gasteiger partial charge in [0.1, 0.15) is 24.4 Å². The van der Waals surface area contributed by atoms with E-state index in [1.165, 1.54) is 44.1 Å². The topological polar surface area (TPSA) is 120 Å². The van der Waals surface area contributed by atoms with Crippen LogP contribution >= 0.6 is 0 Å². The minimum absolute atomic E-state index is 0.0292. The van der Waals surface area contributed by atoms with Gasteiger partial charge in [0.05, 0.1) is 18.8 Å².